The zero-order chi connectivity index (χ0) is 16.7. The SMILES string of the molecule is Cc1cc(C)cc(-c2ccc3c(C4=CCCC4)cccc3[n+]2[O-])c1. The van der Waals surface area contributed by atoms with Crippen LogP contribution in [-0.2, 0) is 0 Å². The number of aromatic nitrogens is 1. The maximum absolute atomic E-state index is 13.0. The van der Waals surface area contributed by atoms with Gasteiger partial charge in [0.15, 0.2) is 0 Å². The first-order valence-electron chi connectivity index (χ1n) is 8.57. The fourth-order valence-electron chi connectivity index (χ4n) is 3.80. The van der Waals surface area contributed by atoms with E-state index in [1.54, 1.807) is 0 Å². The van der Waals surface area contributed by atoms with E-state index in [1.165, 1.54) is 28.7 Å². The lowest BCUT2D eigenvalue weighted by Gasteiger charge is -2.12. The fourth-order valence-corrected chi connectivity index (χ4v) is 3.80. The Balaban J connectivity index is 1.93. The fraction of sp³-hybridized carbons (Fsp3) is 0.227. The zero-order valence-electron chi connectivity index (χ0n) is 14.2. The van der Waals surface area contributed by atoms with Crippen molar-refractivity contribution in [2.75, 3.05) is 0 Å². The predicted octanol–water partition coefficient (Wildman–Crippen LogP) is 5.32. The summed E-state index contributed by atoms with van der Waals surface area (Å²) in [5.41, 5.74) is 7.38. The third-order valence-electron chi connectivity index (χ3n) is 4.83. The summed E-state index contributed by atoms with van der Waals surface area (Å²) >= 11 is 0. The van der Waals surface area contributed by atoms with E-state index in [4.69, 9.17) is 0 Å². The Kier molecular flexibility index (Phi) is 3.61. The first-order valence-corrected chi connectivity index (χ1v) is 8.57. The van der Waals surface area contributed by atoms with E-state index in [0.29, 0.717) is 5.69 Å². The minimum Gasteiger partial charge on any atom is -0.618 e. The van der Waals surface area contributed by atoms with Crippen LogP contribution in [0.3, 0.4) is 0 Å². The number of fused-ring (bicyclic) bond motifs is 1. The third-order valence-corrected chi connectivity index (χ3v) is 4.83. The van der Waals surface area contributed by atoms with Gasteiger partial charge in [-0.1, -0.05) is 35.4 Å². The zero-order valence-corrected chi connectivity index (χ0v) is 14.2. The summed E-state index contributed by atoms with van der Waals surface area (Å²) in [5.74, 6) is 0. The van der Waals surface area contributed by atoms with Gasteiger partial charge in [0, 0.05) is 17.7 Å². The van der Waals surface area contributed by atoms with Crippen LogP contribution in [0.5, 0.6) is 0 Å². The molecule has 0 radical (unpaired) electrons. The molecule has 1 aromatic heterocycles. The molecule has 0 bridgehead atoms. The second-order valence-electron chi connectivity index (χ2n) is 6.75. The van der Waals surface area contributed by atoms with Gasteiger partial charge in [-0.2, -0.15) is 4.73 Å². The second kappa shape index (κ2) is 5.79. The van der Waals surface area contributed by atoms with Gasteiger partial charge in [0.2, 0.25) is 11.2 Å². The first kappa shape index (κ1) is 14.9. The topological polar surface area (TPSA) is 26.9 Å². The van der Waals surface area contributed by atoms with Crippen LogP contribution in [0, 0.1) is 19.1 Å². The van der Waals surface area contributed by atoms with E-state index in [1.807, 2.05) is 18.2 Å². The summed E-state index contributed by atoms with van der Waals surface area (Å²) in [6.07, 6.45) is 5.77. The molecule has 0 fully saturated rings. The van der Waals surface area contributed by atoms with Crippen LogP contribution in [0.2, 0.25) is 0 Å². The average molecular weight is 315 g/mol. The predicted molar refractivity (Wildman–Crippen MR) is 99.6 cm³/mol. The average Bonchev–Trinajstić information content (AvgIpc) is 3.08. The van der Waals surface area contributed by atoms with Crippen molar-refractivity contribution in [2.24, 2.45) is 0 Å². The van der Waals surface area contributed by atoms with Gasteiger partial charge < -0.3 is 5.21 Å². The molecule has 0 aliphatic heterocycles. The quantitative estimate of drug-likeness (QED) is 0.464. The molecule has 0 saturated heterocycles. The maximum Gasteiger partial charge on any atom is 0.224 e. The maximum atomic E-state index is 13.0. The molecule has 0 spiro atoms. The molecular formula is C22H21NO. The van der Waals surface area contributed by atoms with Gasteiger partial charge >= 0.3 is 0 Å². The summed E-state index contributed by atoms with van der Waals surface area (Å²) in [5, 5.41) is 14.1. The van der Waals surface area contributed by atoms with Crippen molar-refractivity contribution in [3.05, 3.63) is 76.5 Å². The minimum atomic E-state index is 0.715. The standard InChI is InChI=1S/C22H21NO/c1-15-12-16(2)14-18(13-15)21-11-10-20-19(17-6-3-4-7-17)8-5-9-22(20)23(21)24/h5-6,8-14H,3-4,7H2,1-2H3. The number of benzene rings is 2. The van der Waals surface area contributed by atoms with E-state index in [0.717, 1.165) is 34.0 Å². The van der Waals surface area contributed by atoms with Crippen LogP contribution in [0.4, 0.5) is 0 Å². The summed E-state index contributed by atoms with van der Waals surface area (Å²) in [6.45, 7) is 4.13. The minimum absolute atomic E-state index is 0.715. The largest absolute Gasteiger partial charge is 0.618 e. The van der Waals surface area contributed by atoms with Gasteiger partial charge in [-0.3, -0.25) is 0 Å². The molecule has 2 nitrogen and oxygen atoms in total. The molecule has 0 unspecified atom stereocenters. The molecule has 24 heavy (non-hydrogen) atoms. The Hall–Kier alpha value is -2.61. The molecule has 120 valence electrons. The van der Waals surface area contributed by atoms with Gasteiger partial charge in [0.05, 0.1) is 5.39 Å². The van der Waals surface area contributed by atoms with Crippen LogP contribution in [0.1, 0.15) is 36.0 Å². The molecule has 1 heterocycles. The van der Waals surface area contributed by atoms with Gasteiger partial charge in [-0.05, 0) is 62.4 Å². The molecule has 0 amide bonds. The van der Waals surface area contributed by atoms with E-state index in [-0.39, 0.29) is 0 Å². The Labute approximate surface area is 142 Å². The smallest absolute Gasteiger partial charge is 0.224 e. The van der Waals surface area contributed by atoms with Gasteiger partial charge in [0.1, 0.15) is 0 Å². The van der Waals surface area contributed by atoms with Gasteiger partial charge in [0.25, 0.3) is 0 Å². The number of hydrogen-bond acceptors (Lipinski definition) is 1. The summed E-state index contributed by atoms with van der Waals surface area (Å²) in [4.78, 5) is 0. The van der Waals surface area contributed by atoms with Crippen LogP contribution in [0.15, 0.2) is 54.6 Å². The highest BCUT2D eigenvalue weighted by Gasteiger charge is 2.17. The highest BCUT2D eigenvalue weighted by Crippen LogP contribution is 2.32. The van der Waals surface area contributed by atoms with E-state index in [9.17, 15) is 5.21 Å². The lowest BCUT2D eigenvalue weighted by atomic mass is 9.98. The van der Waals surface area contributed by atoms with Crippen molar-refractivity contribution in [3.8, 4) is 11.3 Å². The molecule has 0 N–H and O–H groups in total. The van der Waals surface area contributed by atoms with Crippen LogP contribution < -0.4 is 4.73 Å². The van der Waals surface area contributed by atoms with Gasteiger partial charge in [-0.25, -0.2) is 0 Å². The monoisotopic (exact) mass is 315 g/mol. The lowest BCUT2D eigenvalue weighted by Crippen LogP contribution is -2.30. The number of rotatable bonds is 2. The van der Waals surface area contributed by atoms with Crippen molar-refractivity contribution in [1.29, 1.82) is 0 Å². The summed E-state index contributed by atoms with van der Waals surface area (Å²) in [6, 6.07) is 16.4. The Morgan fingerprint density at radius 3 is 2.46 bits per heavy atom. The van der Waals surface area contributed by atoms with Crippen LogP contribution in [-0.4, -0.2) is 0 Å². The number of nitrogens with zero attached hydrogens (tertiary/aromatic N) is 1. The third kappa shape index (κ3) is 2.48. The number of pyridine rings is 1. The molecule has 2 aromatic carbocycles. The molecular weight excluding hydrogens is 294 g/mol. The van der Waals surface area contributed by atoms with Crippen LogP contribution in [0.25, 0.3) is 27.7 Å². The number of hydrogen-bond donors (Lipinski definition) is 0. The van der Waals surface area contributed by atoms with Crippen molar-refractivity contribution in [3.63, 3.8) is 0 Å². The molecule has 1 aliphatic rings. The Morgan fingerprint density at radius 2 is 1.75 bits per heavy atom. The van der Waals surface area contributed by atoms with E-state index < -0.39 is 0 Å². The second-order valence-corrected chi connectivity index (χ2v) is 6.75. The van der Waals surface area contributed by atoms with E-state index in [2.05, 4.69) is 50.3 Å². The summed E-state index contributed by atoms with van der Waals surface area (Å²) < 4.78 is 1.09. The Bertz CT molecular complexity index is 949. The van der Waals surface area contributed by atoms with E-state index >= 15 is 0 Å². The molecule has 4 rings (SSSR count). The van der Waals surface area contributed by atoms with Crippen molar-refractivity contribution < 1.29 is 4.73 Å². The lowest BCUT2D eigenvalue weighted by molar-refractivity contribution is -0.565. The normalized spacial score (nSPS) is 14.2. The van der Waals surface area contributed by atoms with Crippen molar-refractivity contribution >= 4 is 16.5 Å². The number of allylic oxidation sites excluding steroid dienone is 2. The highest BCUT2D eigenvalue weighted by atomic mass is 16.5. The molecule has 0 atom stereocenters. The molecule has 2 heteroatoms. The summed E-state index contributed by atoms with van der Waals surface area (Å²) in [7, 11) is 0. The Morgan fingerprint density at radius 1 is 0.958 bits per heavy atom. The van der Waals surface area contributed by atoms with Gasteiger partial charge in [-0.15, -0.1) is 0 Å². The van der Waals surface area contributed by atoms with Crippen molar-refractivity contribution in [2.45, 2.75) is 33.1 Å². The van der Waals surface area contributed by atoms with Crippen molar-refractivity contribution in [1.82, 2.24) is 0 Å². The molecule has 3 aromatic rings. The first-order chi connectivity index (χ1) is 11.6. The molecule has 0 saturated carbocycles. The van der Waals surface area contributed by atoms with Crippen LogP contribution >= 0.6 is 0 Å². The molecule has 1 aliphatic carbocycles. The number of aryl methyl sites for hydroxylation is 2. The highest BCUT2D eigenvalue weighted by molar-refractivity contribution is 5.91.